The van der Waals surface area contributed by atoms with Crippen LogP contribution in [-0.2, 0) is 6.18 Å². The summed E-state index contributed by atoms with van der Waals surface area (Å²) in [5.41, 5.74) is -1.33. The SMILES string of the molecule is O=C(O)c1ccn(-c2ncccc2C(F)(F)F)n1. The Morgan fingerprint density at radius 1 is 1.33 bits per heavy atom. The second-order valence-electron chi connectivity index (χ2n) is 3.32. The summed E-state index contributed by atoms with van der Waals surface area (Å²) in [4.78, 5) is 14.2. The number of alkyl halides is 3. The number of nitrogens with zero attached hydrogens (tertiary/aromatic N) is 3. The monoisotopic (exact) mass is 257 g/mol. The van der Waals surface area contributed by atoms with E-state index in [9.17, 15) is 18.0 Å². The highest BCUT2D eigenvalue weighted by atomic mass is 19.4. The summed E-state index contributed by atoms with van der Waals surface area (Å²) in [5, 5.41) is 12.2. The van der Waals surface area contributed by atoms with Crippen LogP contribution in [0.2, 0.25) is 0 Å². The van der Waals surface area contributed by atoms with E-state index in [1.165, 1.54) is 6.20 Å². The Labute approximate surface area is 98.5 Å². The molecule has 0 amide bonds. The normalized spacial score (nSPS) is 11.5. The van der Waals surface area contributed by atoms with Crippen molar-refractivity contribution in [3.05, 3.63) is 41.9 Å². The van der Waals surface area contributed by atoms with Crippen LogP contribution in [0.4, 0.5) is 13.2 Å². The van der Waals surface area contributed by atoms with Crippen molar-refractivity contribution in [3.8, 4) is 5.82 Å². The molecule has 0 aliphatic carbocycles. The molecule has 0 aliphatic rings. The molecular weight excluding hydrogens is 251 g/mol. The van der Waals surface area contributed by atoms with Gasteiger partial charge in [-0.25, -0.2) is 14.5 Å². The molecule has 18 heavy (non-hydrogen) atoms. The summed E-state index contributed by atoms with van der Waals surface area (Å²) < 4.78 is 38.9. The van der Waals surface area contributed by atoms with E-state index >= 15 is 0 Å². The number of rotatable bonds is 2. The van der Waals surface area contributed by atoms with E-state index in [4.69, 9.17) is 5.11 Å². The van der Waals surface area contributed by atoms with Crippen LogP contribution in [0.15, 0.2) is 30.6 Å². The van der Waals surface area contributed by atoms with Gasteiger partial charge in [0.25, 0.3) is 0 Å². The van der Waals surface area contributed by atoms with Crippen molar-refractivity contribution in [2.75, 3.05) is 0 Å². The maximum atomic E-state index is 12.7. The molecule has 8 heteroatoms. The van der Waals surface area contributed by atoms with Gasteiger partial charge in [0.05, 0.1) is 0 Å². The number of aromatic carboxylic acids is 1. The Hall–Kier alpha value is -2.38. The number of carboxylic acids is 1. The first kappa shape index (κ1) is 12.1. The Kier molecular flexibility index (Phi) is 2.77. The summed E-state index contributed by atoms with van der Waals surface area (Å²) >= 11 is 0. The zero-order valence-electron chi connectivity index (χ0n) is 8.72. The van der Waals surface area contributed by atoms with E-state index in [2.05, 4.69) is 10.1 Å². The molecule has 0 aliphatic heterocycles. The summed E-state index contributed by atoms with van der Waals surface area (Å²) in [6, 6.07) is 3.09. The number of hydrogen-bond acceptors (Lipinski definition) is 3. The van der Waals surface area contributed by atoms with Crippen molar-refractivity contribution in [2.45, 2.75) is 6.18 Å². The topological polar surface area (TPSA) is 68.0 Å². The van der Waals surface area contributed by atoms with Gasteiger partial charge in [0, 0.05) is 12.4 Å². The fraction of sp³-hybridized carbons (Fsp3) is 0.100. The van der Waals surface area contributed by atoms with Crippen molar-refractivity contribution in [2.24, 2.45) is 0 Å². The molecule has 94 valence electrons. The number of pyridine rings is 1. The first-order valence-corrected chi connectivity index (χ1v) is 4.71. The van der Waals surface area contributed by atoms with Gasteiger partial charge in [-0.3, -0.25) is 0 Å². The van der Waals surface area contributed by atoms with E-state index in [1.807, 2.05) is 0 Å². The molecule has 2 rings (SSSR count). The molecule has 0 atom stereocenters. The van der Waals surface area contributed by atoms with E-state index < -0.39 is 23.5 Å². The van der Waals surface area contributed by atoms with Crippen molar-refractivity contribution in [1.82, 2.24) is 14.8 Å². The zero-order valence-corrected chi connectivity index (χ0v) is 8.72. The highest BCUT2D eigenvalue weighted by molar-refractivity contribution is 5.85. The average Bonchev–Trinajstić information content (AvgIpc) is 2.77. The van der Waals surface area contributed by atoms with Gasteiger partial charge in [-0.2, -0.15) is 18.3 Å². The fourth-order valence-corrected chi connectivity index (χ4v) is 1.36. The lowest BCUT2D eigenvalue weighted by Gasteiger charge is -2.10. The smallest absolute Gasteiger partial charge is 0.420 e. The van der Waals surface area contributed by atoms with Crippen LogP contribution < -0.4 is 0 Å². The van der Waals surface area contributed by atoms with Gasteiger partial charge < -0.3 is 5.11 Å². The van der Waals surface area contributed by atoms with E-state index in [1.54, 1.807) is 0 Å². The standard InChI is InChI=1S/C10H6F3N3O2/c11-10(12,13)6-2-1-4-14-8(6)16-5-3-7(15-16)9(17)18/h1-5H,(H,17,18). The van der Waals surface area contributed by atoms with Crippen molar-refractivity contribution < 1.29 is 23.1 Å². The number of carbonyl (C=O) groups is 1. The van der Waals surface area contributed by atoms with Crippen molar-refractivity contribution >= 4 is 5.97 Å². The van der Waals surface area contributed by atoms with Gasteiger partial charge in [-0.15, -0.1) is 0 Å². The van der Waals surface area contributed by atoms with Gasteiger partial charge in [0.2, 0.25) is 0 Å². The Bertz CT molecular complexity index is 592. The molecule has 0 saturated heterocycles. The largest absolute Gasteiger partial charge is 0.476 e. The zero-order chi connectivity index (χ0) is 13.3. The molecule has 5 nitrogen and oxygen atoms in total. The van der Waals surface area contributed by atoms with E-state index in [-0.39, 0.29) is 5.69 Å². The van der Waals surface area contributed by atoms with Gasteiger partial charge in [0.1, 0.15) is 5.56 Å². The summed E-state index contributed by atoms with van der Waals surface area (Å²) in [6.07, 6.45) is -2.30. The number of aromatic nitrogens is 3. The molecule has 2 aromatic rings. The molecule has 0 fully saturated rings. The third kappa shape index (κ3) is 2.17. The molecule has 0 aromatic carbocycles. The van der Waals surface area contributed by atoms with Crippen molar-refractivity contribution in [3.63, 3.8) is 0 Å². The molecular formula is C10H6F3N3O2. The Morgan fingerprint density at radius 2 is 2.06 bits per heavy atom. The minimum absolute atomic E-state index is 0.353. The molecule has 0 spiro atoms. The first-order chi connectivity index (χ1) is 8.39. The van der Waals surface area contributed by atoms with Crippen LogP contribution in [0.5, 0.6) is 0 Å². The van der Waals surface area contributed by atoms with Crippen molar-refractivity contribution in [1.29, 1.82) is 0 Å². The van der Waals surface area contributed by atoms with Gasteiger partial charge >= 0.3 is 12.1 Å². The van der Waals surface area contributed by atoms with Crippen LogP contribution in [-0.4, -0.2) is 25.8 Å². The summed E-state index contributed by atoms with van der Waals surface area (Å²) in [5.74, 6) is -1.78. The predicted octanol–water partition coefficient (Wildman–Crippen LogP) is 1.98. The van der Waals surface area contributed by atoms with Gasteiger partial charge in [0.15, 0.2) is 11.5 Å². The fourth-order valence-electron chi connectivity index (χ4n) is 1.36. The van der Waals surface area contributed by atoms with Gasteiger partial charge in [-0.1, -0.05) is 0 Å². The number of halogens is 3. The Balaban J connectivity index is 2.53. The second kappa shape index (κ2) is 4.13. The first-order valence-electron chi connectivity index (χ1n) is 4.71. The van der Waals surface area contributed by atoms with Crippen LogP contribution in [0.3, 0.4) is 0 Å². The third-order valence-corrected chi connectivity index (χ3v) is 2.12. The molecule has 1 N–H and O–H groups in total. The average molecular weight is 257 g/mol. The Morgan fingerprint density at radius 3 is 2.61 bits per heavy atom. The maximum absolute atomic E-state index is 12.7. The quantitative estimate of drug-likeness (QED) is 0.893. The summed E-state index contributed by atoms with van der Waals surface area (Å²) in [7, 11) is 0. The second-order valence-corrected chi connectivity index (χ2v) is 3.32. The van der Waals surface area contributed by atoms with Gasteiger partial charge in [-0.05, 0) is 18.2 Å². The maximum Gasteiger partial charge on any atom is 0.420 e. The lowest BCUT2D eigenvalue weighted by molar-refractivity contribution is -0.137. The van der Waals surface area contributed by atoms with E-state index in [0.717, 1.165) is 29.1 Å². The highest BCUT2D eigenvalue weighted by Crippen LogP contribution is 2.32. The molecule has 0 saturated carbocycles. The van der Waals surface area contributed by atoms with E-state index in [0.29, 0.717) is 0 Å². The van der Waals surface area contributed by atoms with Crippen LogP contribution in [0, 0.1) is 0 Å². The number of carboxylic acid groups (broad SMARTS) is 1. The molecule has 0 bridgehead atoms. The molecule has 2 aromatic heterocycles. The van der Waals surface area contributed by atoms with Crippen LogP contribution >= 0.6 is 0 Å². The lowest BCUT2D eigenvalue weighted by atomic mass is 10.2. The molecule has 0 radical (unpaired) electrons. The van der Waals surface area contributed by atoms with Crippen LogP contribution in [0.25, 0.3) is 5.82 Å². The summed E-state index contributed by atoms with van der Waals surface area (Å²) in [6.45, 7) is 0. The highest BCUT2D eigenvalue weighted by Gasteiger charge is 2.34. The lowest BCUT2D eigenvalue weighted by Crippen LogP contribution is -2.13. The predicted molar refractivity (Wildman–Crippen MR) is 53.3 cm³/mol. The van der Waals surface area contributed by atoms with Crippen LogP contribution in [0.1, 0.15) is 16.1 Å². The minimum Gasteiger partial charge on any atom is -0.476 e. The minimum atomic E-state index is -4.58. The third-order valence-electron chi connectivity index (χ3n) is 2.12. The molecule has 0 unspecified atom stereocenters. The molecule has 2 heterocycles. The number of hydrogen-bond donors (Lipinski definition) is 1.